The van der Waals surface area contributed by atoms with Gasteiger partial charge >= 0.3 is 0 Å². The zero-order valence-electron chi connectivity index (χ0n) is 7.01. The molecule has 0 aromatic heterocycles. The summed E-state index contributed by atoms with van der Waals surface area (Å²) in [6.45, 7) is 0. The first-order valence-corrected chi connectivity index (χ1v) is 4.81. The Morgan fingerprint density at radius 2 is 1.82 bits per heavy atom. The standard InChI is InChI=1S/C10H16O/c11-8-10-5-1-2-9(3-6-10)4-7-10/h8-9H,1-7H2. The molecule has 2 bridgehead atoms. The Labute approximate surface area is 68.2 Å². The zero-order chi connectivity index (χ0) is 7.73. The first-order valence-electron chi connectivity index (χ1n) is 4.81. The number of carbonyl (C=O) groups excluding carboxylic acids is 1. The van der Waals surface area contributed by atoms with Crippen LogP contribution in [0, 0.1) is 11.3 Å². The normalized spacial score (nSPS) is 43.5. The van der Waals surface area contributed by atoms with Gasteiger partial charge in [0.25, 0.3) is 0 Å². The monoisotopic (exact) mass is 152 g/mol. The number of carbonyl (C=O) groups is 1. The van der Waals surface area contributed by atoms with E-state index in [0.717, 1.165) is 5.92 Å². The first-order chi connectivity index (χ1) is 5.35. The third kappa shape index (κ3) is 1.21. The molecule has 0 radical (unpaired) electrons. The van der Waals surface area contributed by atoms with Crippen molar-refractivity contribution in [3.05, 3.63) is 0 Å². The van der Waals surface area contributed by atoms with Crippen molar-refractivity contribution >= 4 is 6.29 Å². The van der Waals surface area contributed by atoms with Crippen molar-refractivity contribution in [1.82, 2.24) is 0 Å². The minimum atomic E-state index is 0.132. The maximum atomic E-state index is 10.9. The van der Waals surface area contributed by atoms with E-state index < -0.39 is 0 Å². The summed E-state index contributed by atoms with van der Waals surface area (Å²) in [4.78, 5) is 10.9. The molecule has 0 saturated heterocycles. The van der Waals surface area contributed by atoms with Gasteiger partial charge in [-0.2, -0.15) is 0 Å². The number of rotatable bonds is 1. The lowest BCUT2D eigenvalue weighted by Gasteiger charge is -2.31. The fraction of sp³-hybridized carbons (Fsp3) is 0.900. The van der Waals surface area contributed by atoms with Crippen LogP contribution in [0.5, 0.6) is 0 Å². The highest BCUT2D eigenvalue weighted by Crippen LogP contribution is 2.46. The number of hydrogen-bond donors (Lipinski definition) is 0. The molecule has 3 fully saturated rings. The van der Waals surface area contributed by atoms with Gasteiger partial charge in [0.15, 0.2) is 0 Å². The molecule has 0 atom stereocenters. The molecule has 1 heteroatoms. The summed E-state index contributed by atoms with van der Waals surface area (Å²) in [7, 11) is 0. The van der Waals surface area contributed by atoms with E-state index in [0.29, 0.717) is 0 Å². The molecule has 0 heterocycles. The maximum Gasteiger partial charge on any atom is 0.126 e. The predicted octanol–water partition coefficient (Wildman–Crippen LogP) is 2.55. The number of hydrogen-bond acceptors (Lipinski definition) is 1. The van der Waals surface area contributed by atoms with E-state index in [-0.39, 0.29) is 5.41 Å². The third-order valence-corrected chi connectivity index (χ3v) is 3.64. The molecule has 0 unspecified atom stereocenters. The second kappa shape index (κ2) is 2.62. The Balaban J connectivity index is 2.16. The van der Waals surface area contributed by atoms with E-state index in [1.54, 1.807) is 0 Å². The van der Waals surface area contributed by atoms with E-state index in [2.05, 4.69) is 0 Å². The van der Waals surface area contributed by atoms with Crippen LogP contribution >= 0.6 is 0 Å². The second-order valence-electron chi connectivity index (χ2n) is 4.32. The lowest BCUT2D eigenvalue weighted by molar-refractivity contribution is -0.118. The highest BCUT2D eigenvalue weighted by atomic mass is 16.1. The topological polar surface area (TPSA) is 17.1 Å². The van der Waals surface area contributed by atoms with Gasteiger partial charge in [-0.1, -0.05) is 12.8 Å². The molecule has 0 spiro atoms. The van der Waals surface area contributed by atoms with Crippen LogP contribution in [0.4, 0.5) is 0 Å². The van der Waals surface area contributed by atoms with Crippen LogP contribution in [0.3, 0.4) is 0 Å². The van der Waals surface area contributed by atoms with Gasteiger partial charge in [0, 0.05) is 5.41 Å². The molecule has 11 heavy (non-hydrogen) atoms. The molecule has 3 saturated carbocycles. The molecular formula is C10H16O. The van der Waals surface area contributed by atoms with Crippen LogP contribution in [-0.4, -0.2) is 6.29 Å². The molecule has 3 aliphatic rings. The summed E-state index contributed by atoms with van der Waals surface area (Å²) in [5, 5.41) is 0. The van der Waals surface area contributed by atoms with Gasteiger partial charge in [0.1, 0.15) is 6.29 Å². The van der Waals surface area contributed by atoms with Crippen LogP contribution in [-0.2, 0) is 4.79 Å². The van der Waals surface area contributed by atoms with Gasteiger partial charge in [0.2, 0.25) is 0 Å². The SMILES string of the molecule is O=CC12CCCC(CC1)CC2. The molecule has 0 N–H and O–H groups in total. The van der Waals surface area contributed by atoms with Crippen LogP contribution in [0.1, 0.15) is 44.9 Å². The molecule has 0 aromatic carbocycles. The Hall–Kier alpha value is -0.330. The molecule has 3 rings (SSSR count). The average Bonchev–Trinajstić information content (AvgIpc) is 2.37. The fourth-order valence-electron chi connectivity index (χ4n) is 2.71. The van der Waals surface area contributed by atoms with Crippen LogP contribution in [0.2, 0.25) is 0 Å². The largest absolute Gasteiger partial charge is 0.303 e. The second-order valence-corrected chi connectivity index (χ2v) is 4.32. The average molecular weight is 152 g/mol. The molecule has 0 aromatic rings. The summed E-state index contributed by atoms with van der Waals surface area (Å²) >= 11 is 0. The van der Waals surface area contributed by atoms with Crippen LogP contribution < -0.4 is 0 Å². The smallest absolute Gasteiger partial charge is 0.126 e. The van der Waals surface area contributed by atoms with Gasteiger partial charge in [-0.3, -0.25) is 0 Å². The van der Waals surface area contributed by atoms with Crippen molar-refractivity contribution in [2.24, 2.45) is 11.3 Å². The van der Waals surface area contributed by atoms with Crippen molar-refractivity contribution in [2.45, 2.75) is 44.9 Å². The van der Waals surface area contributed by atoms with Crippen molar-refractivity contribution in [3.8, 4) is 0 Å². The Morgan fingerprint density at radius 1 is 1.09 bits per heavy atom. The van der Waals surface area contributed by atoms with Crippen molar-refractivity contribution in [2.75, 3.05) is 0 Å². The van der Waals surface area contributed by atoms with E-state index in [1.807, 2.05) is 0 Å². The molecule has 0 amide bonds. The quantitative estimate of drug-likeness (QED) is 0.528. The summed E-state index contributed by atoms with van der Waals surface area (Å²) in [5.74, 6) is 0.963. The summed E-state index contributed by atoms with van der Waals surface area (Å²) in [6.07, 6.45) is 10.1. The Bertz CT molecular complexity index is 149. The first kappa shape index (κ1) is 7.33. The number of fused-ring (bicyclic) bond motifs is 4. The maximum absolute atomic E-state index is 10.9. The van der Waals surface area contributed by atoms with Gasteiger partial charge in [0.05, 0.1) is 0 Å². The summed E-state index contributed by atoms with van der Waals surface area (Å²) < 4.78 is 0. The predicted molar refractivity (Wildman–Crippen MR) is 44.3 cm³/mol. The number of aldehydes is 1. The van der Waals surface area contributed by atoms with Crippen LogP contribution in [0.15, 0.2) is 0 Å². The van der Waals surface area contributed by atoms with Gasteiger partial charge in [-0.25, -0.2) is 0 Å². The molecule has 0 aliphatic heterocycles. The van der Waals surface area contributed by atoms with E-state index in [4.69, 9.17) is 0 Å². The Kier molecular flexibility index (Phi) is 1.74. The van der Waals surface area contributed by atoms with Gasteiger partial charge < -0.3 is 4.79 Å². The van der Waals surface area contributed by atoms with E-state index >= 15 is 0 Å². The molecule has 1 nitrogen and oxygen atoms in total. The highest BCUT2D eigenvalue weighted by Gasteiger charge is 2.37. The lowest BCUT2D eigenvalue weighted by Crippen LogP contribution is -2.25. The minimum Gasteiger partial charge on any atom is -0.303 e. The fourth-order valence-corrected chi connectivity index (χ4v) is 2.71. The van der Waals surface area contributed by atoms with Crippen molar-refractivity contribution < 1.29 is 4.79 Å². The summed E-state index contributed by atoms with van der Waals surface area (Å²) in [5.41, 5.74) is 0.132. The third-order valence-electron chi connectivity index (χ3n) is 3.64. The van der Waals surface area contributed by atoms with E-state index in [1.165, 1.54) is 51.2 Å². The van der Waals surface area contributed by atoms with Crippen molar-refractivity contribution in [1.29, 1.82) is 0 Å². The molecule has 3 aliphatic carbocycles. The zero-order valence-corrected chi connectivity index (χ0v) is 7.01. The minimum absolute atomic E-state index is 0.132. The Morgan fingerprint density at radius 3 is 2.45 bits per heavy atom. The molecule has 62 valence electrons. The molecular weight excluding hydrogens is 136 g/mol. The summed E-state index contributed by atoms with van der Waals surface area (Å²) in [6, 6.07) is 0. The van der Waals surface area contributed by atoms with Crippen LogP contribution in [0.25, 0.3) is 0 Å². The van der Waals surface area contributed by atoms with Gasteiger partial charge in [-0.15, -0.1) is 0 Å². The van der Waals surface area contributed by atoms with Gasteiger partial charge in [-0.05, 0) is 38.0 Å². The van der Waals surface area contributed by atoms with Crippen molar-refractivity contribution in [3.63, 3.8) is 0 Å². The highest BCUT2D eigenvalue weighted by molar-refractivity contribution is 5.59. The lowest BCUT2D eigenvalue weighted by atomic mass is 9.73. The van der Waals surface area contributed by atoms with E-state index in [9.17, 15) is 4.79 Å².